The number of rotatable bonds is 5. The van der Waals surface area contributed by atoms with E-state index in [0.29, 0.717) is 17.8 Å². The van der Waals surface area contributed by atoms with Crippen LogP contribution in [0.3, 0.4) is 0 Å². The van der Waals surface area contributed by atoms with Crippen LogP contribution >= 0.6 is 0 Å². The van der Waals surface area contributed by atoms with Gasteiger partial charge in [-0.25, -0.2) is 4.79 Å². The second-order valence-corrected chi connectivity index (χ2v) is 4.20. The zero-order valence-corrected chi connectivity index (χ0v) is 10.7. The van der Waals surface area contributed by atoms with Crippen molar-refractivity contribution in [3.8, 4) is 6.07 Å². The number of para-hydroxylation sites is 1. The fraction of sp³-hybridized carbons (Fsp3) is 0.385. The molecule has 0 bridgehead atoms. The summed E-state index contributed by atoms with van der Waals surface area (Å²) in [4.78, 5) is 13.6. The van der Waals surface area contributed by atoms with E-state index in [1.807, 2.05) is 20.2 Å². The van der Waals surface area contributed by atoms with E-state index in [1.165, 1.54) is 0 Å². The Balaban J connectivity index is 2.38. The molecule has 1 aromatic rings. The molecule has 0 saturated carbocycles. The third-order valence-electron chi connectivity index (χ3n) is 2.36. The molecule has 1 rings (SSSR count). The highest BCUT2D eigenvalue weighted by molar-refractivity contribution is 5.90. The van der Waals surface area contributed by atoms with E-state index < -0.39 is 0 Å². The third kappa shape index (κ3) is 4.85. The maximum absolute atomic E-state index is 11.6. The summed E-state index contributed by atoms with van der Waals surface area (Å²) in [7, 11) is 3.98. The molecule has 2 N–H and O–H groups in total. The van der Waals surface area contributed by atoms with Gasteiger partial charge in [0.1, 0.15) is 6.07 Å². The van der Waals surface area contributed by atoms with Gasteiger partial charge in [-0.2, -0.15) is 5.26 Å². The zero-order valence-electron chi connectivity index (χ0n) is 10.7. The summed E-state index contributed by atoms with van der Waals surface area (Å²) in [6.07, 6.45) is 0.889. The Morgan fingerprint density at radius 1 is 1.39 bits per heavy atom. The molecule has 2 amide bonds. The lowest BCUT2D eigenvalue weighted by atomic mass is 10.2. The molecule has 0 radical (unpaired) electrons. The van der Waals surface area contributed by atoms with Gasteiger partial charge >= 0.3 is 6.03 Å². The van der Waals surface area contributed by atoms with Crippen molar-refractivity contribution < 1.29 is 4.79 Å². The summed E-state index contributed by atoms with van der Waals surface area (Å²) in [5.74, 6) is 0. The molecule has 0 unspecified atom stereocenters. The Morgan fingerprint density at radius 3 is 2.78 bits per heavy atom. The van der Waals surface area contributed by atoms with Crippen LogP contribution in [0.2, 0.25) is 0 Å². The maximum Gasteiger partial charge on any atom is 0.319 e. The largest absolute Gasteiger partial charge is 0.338 e. The summed E-state index contributed by atoms with van der Waals surface area (Å²) in [6, 6.07) is 8.67. The number of carbonyl (C=O) groups is 1. The molecule has 0 fully saturated rings. The van der Waals surface area contributed by atoms with Crippen molar-refractivity contribution >= 4 is 11.7 Å². The molecule has 0 aliphatic rings. The second-order valence-electron chi connectivity index (χ2n) is 4.20. The smallest absolute Gasteiger partial charge is 0.319 e. The quantitative estimate of drug-likeness (QED) is 0.776. The molecule has 5 heteroatoms. The number of amides is 2. The van der Waals surface area contributed by atoms with Crippen LogP contribution in [-0.4, -0.2) is 38.1 Å². The molecule has 0 saturated heterocycles. The van der Waals surface area contributed by atoms with Crippen LogP contribution < -0.4 is 10.6 Å². The van der Waals surface area contributed by atoms with E-state index in [1.54, 1.807) is 24.3 Å². The third-order valence-corrected chi connectivity index (χ3v) is 2.36. The van der Waals surface area contributed by atoms with E-state index >= 15 is 0 Å². The molecule has 0 aromatic heterocycles. The normalized spacial score (nSPS) is 9.89. The number of benzene rings is 1. The highest BCUT2D eigenvalue weighted by Gasteiger charge is 2.04. The molecule has 0 spiro atoms. The molecule has 5 nitrogen and oxygen atoms in total. The van der Waals surface area contributed by atoms with Gasteiger partial charge in [0, 0.05) is 6.54 Å². The number of urea groups is 1. The molecule has 0 aliphatic heterocycles. The van der Waals surface area contributed by atoms with Crippen molar-refractivity contribution in [2.24, 2.45) is 0 Å². The van der Waals surface area contributed by atoms with Gasteiger partial charge in [0.05, 0.1) is 11.3 Å². The van der Waals surface area contributed by atoms with E-state index in [2.05, 4.69) is 15.5 Å². The minimum absolute atomic E-state index is 0.281. The van der Waals surface area contributed by atoms with Crippen molar-refractivity contribution in [1.29, 1.82) is 5.26 Å². The molecule has 0 atom stereocenters. The van der Waals surface area contributed by atoms with Crippen LogP contribution in [0.15, 0.2) is 24.3 Å². The summed E-state index contributed by atoms with van der Waals surface area (Å²) in [6.45, 7) is 1.54. The summed E-state index contributed by atoms with van der Waals surface area (Å²) < 4.78 is 0. The van der Waals surface area contributed by atoms with E-state index in [-0.39, 0.29) is 6.03 Å². The van der Waals surface area contributed by atoms with Crippen molar-refractivity contribution in [3.05, 3.63) is 29.8 Å². The van der Waals surface area contributed by atoms with Gasteiger partial charge < -0.3 is 15.5 Å². The van der Waals surface area contributed by atoms with E-state index in [4.69, 9.17) is 5.26 Å². The topological polar surface area (TPSA) is 68.2 Å². The number of hydrogen-bond donors (Lipinski definition) is 2. The predicted molar refractivity (Wildman–Crippen MR) is 71.3 cm³/mol. The molecular formula is C13H18N4O. The van der Waals surface area contributed by atoms with Gasteiger partial charge in [0.15, 0.2) is 0 Å². The lowest BCUT2D eigenvalue weighted by molar-refractivity contribution is 0.251. The number of anilines is 1. The first-order valence-corrected chi connectivity index (χ1v) is 5.82. The first-order valence-electron chi connectivity index (χ1n) is 5.82. The van der Waals surface area contributed by atoms with Crippen molar-refractivity contribution in [2.45, 2.75) is 6.42 Å². The van der Waals surface area contributed by atoms with Crippen LogP contribution in [0.5, 0.6) is 0 Å². The summed E-state index contributed by atoms with van der Waals surface area (Å²) >= 11 is 0. The van der Waals surface area contributed by atoms with Crippen LogP contribution in [0, 0.1) is 11.3 Å². The minimum Gasteiger partial charge on any atom is -0.338 e. The van der Waals surface area contributed by atoms with Crippen LogP contribution in [0.4, 0.5) is 10.5 Å². The average molecular weight is 246 g/mol. The summed E-state index contributed by atoms with van der Waals surface area (Å²) in [5.41, 5.74) is 0.992. The Labute approximate surface area is 107 Å². The van der Waals surface area contributed by atoms with Gasteiger partial charge in [0.25, 0.3) is 0 Å². The monoisotopic (exact) mass is 246 g/mol. The second kappa shape index (κ2) is 7.30. The standard InChI is InChI=1S/C13H18N4O/c1-17(2)9-5-8-15-13(18)16-12-7-4-3-6-11(12)10-14/h3-4,6-7H,5,8-9H2,1-2H3,(H2,15,16,18). The fourth-order valence-corrected chi connectivity index (χ4v) is 1.45. The predicted octanol–water partition coefficient (Wildman–Crippen LogP) is 1.63. The van der Waals surface area contributed by atoms with Gasteiger partial charge in [-0.05, 0) is 39.2 Å². The van der Waals surface area contributed by atoms with Crippen LogP contribution in [0.1, 0.15) is 12.0 Å². The molecule has 0 heterocycles. The van der Waals surface area contributed by atoms with Crippen LogP contribution in [-0.2, 0) is 0 Å². The van der Waals surface area contributed by atoms with Gasteiger partial charge in [-0.1, -0.05) is 12.1 Å². The maximum atomic E-state index is 11.6. The number of nitriles is 1. The van der Waals surface area contributed by atoms with Gasteiger partial charge in [-0.3, -0.25) is 0 Å². The fourth-order valence-electron chi connectivity index (χ4n) is 1.45. The number of carbonyl (C=O) groups excluding carboxylic acids is 1. The number of nitrogens with zero attached hydrogens (tertiary/aromatic N) is 2. The first-order chi connectivity index (χ1) is 8.63. The van der Waals surface area contributed by atoms with Crippen molar-refractivity contribution in [3.63, 3.8) is 0 Å². The zero-order chi connectivity index (χ0) is 13.4. The molecule has 96 valence electrons. The number of nitrogens with one attached hydrogen (secondary N) is 2. The molecule has 18 heavy (non-hydrogen) atoms. The molecule has 1 aromatic carbocycles. The summed E-state index contributed by atoms with van der Waals surface area (Å²) in [5, 5.41) is 14.3. The lowest BCUT2D eigenvalue weighted by Gasteiger charge is -2.11. The first kappa shape index (κ1) is 14.0. The van der Waals surface area contributed by atoms with Crippen LogP contribution in [0.25, 0.3) is 0 Å². The highest BCUT2D eigenvalue weighted by Crippen LogP contribution is 2.12. The van der Waals surface area contributed by atoms with E-state index in [9.17, 15) is 4.79 Å². The SMILES string of the molecule is CN(C)CCCNC(=O)Nc1ccccc1C#N. The number of hydrogen-bond acceptors (Lipinski definition) is 3. The Morgan fingerprint density at radius 2 is 2.11 bits per heavy atom. The lowest BCUT2D eigenvalue weighted by Crippen LogP contribution is -2.31. The Kier molecular flexibility index (Phi) is 5.68. The Bertz CT molecular complexity index is 437. The molecule has 0 aliphatic carbocycles. The average Bonchev–Trinajstić information content (AvgIpc) is 2.35. The van der Waals surface area contributed by atoms with E-state index in [0.717, 1.165) is 13.0 Å². The Hall–Kier alpha value is -2.06. The highest BCUT2D eigenvalue weighted by atomic mass is 16.2. The minimum atomic E-state index is -0.281. The van der Waals surface area contributed by atoms with Crippen molar-refractivity contribution in [2.75, 3.05) is 32.5 Å². The van der Waals surface area contributed by atoms with Gasteiger partial charge in [0.2, 0.25) is 0 Å². The van der Waals surface area contributed by atoms with Gasteiger partial charge in [-0.15, -0.1) is 0 Å². The van der Waals surface area contributed by atoms with Crippen molar-refractivity contribution in [1.82, 2.24) is 10.2 Å². The molecular weight excluding hydrogens is 228 g/mol.